The van der Waals surface area contributed by atoms with Crippen molar-refractivity contribution < 1.29 is 18.3 Å². The molecular weight excluding hydrogens is 198 g/mol. The van der Waals surface area contributed by atoms with Crippen LogP contribution in [-0.4, -0.2) is 25.9 Å². The van der Waals surface area contributed by atoms with Crippen molar-refractivity contribution in [2.24, 2.45) is 0 Å². The standard InChI is InChI=1S/C2H5NO4S3/c1-10(6,7)9-8-3-2(4)5/h3H,1H3,(H,4,5). The van der Waals surface area contributed by atoms with E-state index in [1.165, 1.54) is 0 Å². The molecule has 0 aliphatic heterocycles. The summed E-state index contributed by atoms with van der Waals surface area (Å²) in [6.07, 6.45) is -0.269. The molecule has 0 radical (unpaired) electrons. The van der Waals surface area contributed by atoms with E-state index in [0.717, 1.165) is 6.26 Å². The summed E-state index contributed by atoms with van der Waals surface area (Å²) in [4.78, 5) is 9.75. The lowest BCUT2D eigenvalue weighted by Crippen LogP contribution is -2.10. The van der Waals surface area contributed by atoms with E-state index in [9.17, 15) is 13.2 Å². The van der Waals surface area contributed by atoms with Gasteiger partial charge < -0.3 is 5.11 Å². The van der Waals surface area contributed by atoms with Gasteiger partial charge in [-0.2, -0.15) is 0 Å². The largest absolute Gasteiger partial charge is 0.464 e. The van der Waals surface area contributed by atoms with Gasteiger partial charge in [-0.15, -0.1) is 0 Å². The molecule has 0 fully saturated rings. The number of hydrogen-bond acceptors (Lipinski definition) is 5. The van der Waals surface area contributed by atoms with Crippen LogP contribution in [0, 0.1) is 0 Å². The van der Waals surface area contributed by atoms with Gasteiger partial charge >= 0.3 is 6.09 Å². The first-order valence-electron chi connectivity index (χ1n) is 1.96. The Labute approximate surface area is 65.4 Å². The highest BCUT2D eigenvalue weighted by Crippen LogP contribution is 2.22. The fraction of sp³-hybridized carbons (Fsp3) is 0.500. The van der Waals surface area contributed by atoms with Crippen LogP contribution < -0.4 is 4.72 Å². The van der Waals surface area contributed by atoms with Gasteiger partial charge in [-0.05, 0) is 0 Å². The molecule has 0 aromatic rings. The van der Waals surface area contributed by atoms with E-state index in [2.05, 4.69) is 0 Å². The molecule has 0 spiro atoms. The average Bonchev–Trinajstić information content (AvgIpc) is 1.59. The second-order valence-corrected chi connectivity index (χ2v) is 7.13. The molecule has 0 saturated heterocycles. The number of carbonyl (C=O) groups is 1. The van der Waals surface area contributed by atoms with Crippen LogP contribution in [0.5, 0.6) is 0 Å². The number of amides is 1. The first-order chi connectivity index (χ1) is 4.42. The number of carboxylic acid groups (broad SMARTS) is 1. The summed E-state index contributed by atoms with van der Waals surface area (Å²) < 4.78 is 22.5. The molecular formula is C2H5NO4S3. The molecule has 1 amide bonds. The van der Waals surface area contributed by atoms with Crippen molar-refractivity contribution in [1.29, 1.82) is 0 Å². The molecule has 8 heteroatoms. The highest BCUT2D eigenvalue weighted by atomic mass is 33.5. The van der Waals surface area contributed by atoms with Gasteiger partial charge in [0.1, 0.15) is 0 Å². The van der Waals surface area contributed by atoms with E-state index in [4.69, 9.17) is 5.11 Å². The van der Waals surface area contributed by atoms with E-state index in [0.29, 0.717) is 20.8 Å². The topological polar surface area (TPSA) is 83.5 Å². The predicted octanol–water partition coefficient (Wildman–Crippen LogP) is 0.510. The van der Waals surface area contributed by atoms with E-state index in [1.807, 2.05) is 4.72 Å². The molecule has 0 saturated carbocycles. The summed E-state index contributed by atoms with van der Waals surface area (Å²) in [5, 5.41) is 7.97. The summed E-state index contributed by atoms with van der Waals surface area (Å²) in [5.74, 6) is 0. The number of rotatable bonds is 3. The molecule has 0 aromatic carbocycles. The summed E-state index contributed by atoms with van der Waals surface area (Å²) in [6, 6.07) is 0. The fourth-order valence-electron chi connectivity index (χ4n) is 0.114. The van der Waals surface area contributed by atoms with Crippen molar-refractivity contribution >= 4 is 35.8 Å². The molecule has 2 N–H and O–H groups in total. The Morgan fingerprint density at radius 1 is 1.60 bits per heavy atom. The first kappa shape index (κ1) is 9.92. The third-order valence-electron chi connectivity index (χ3n) is 0.287. The maximum absolute atomic E-state index is 10.3. The number of hydrogen-bond donors (Lipinski definition) is 2. The molecule has 5 nitrogen and oxygen atoms in total. The minimum Gasteiger partial charge on any atom is -0.464 e. The summed E-state index contributed by atoms with van der Waals surface area (Å²) in [7, 11) is -2.16. The highest BCUT2D eigenvalue weighted by Gasteiger charge is 2.04. The molecule has 0 rings (SSSR count). The zero-order chi connectivity index (χ0) is 8.20. The first-order valence-corrected chi connectivity index (χ1v) is 6.51. The van der Waals surface area contributed by atoms with Crippen molar-refractivity contribution in [2.45, 2.75) is 0 Å². The van der Waals surface area contributed by atoms with Gasteiger partial charge in [0, 0.05) is 17.2 Å². The van der Waals surface area contributed by atoms with Crippen LogP contribution in [0.4, 0.5) is 4.79 Å². The van der Waals surface area contributed by atoms with Crippen LogP contribution in [0.2, 0.25) is 0 Å². The second-order valence-electron chi connectivity index (χ2n) is 1.26. The molecule has 0 aromatic heterocycles. The maximum atomic E-state index is 10.3. The van der Waals surface area contributed by atoms with E-state index in [1.54, 1.807) is 0 Å². The van der Waals surface area contributed by atoms with Gasteiger partial charge in [0.15, 0.2) is 0 Å². The van der Waals surface area contributed by atoms with Gasteiger partial charge in [-0.25, -0.2) is 13.2 Å². The van der Waals surface area contributed by atoms with Crippen molar-refractivity contribution in [1.82, 2.24) is 4.72 Å². The zero-order valence-electron chi connectivity index (χ0n) is 4.90. The Morgan fingerprint density at radius 3 is 2.40 bits per heavy atom. The Hall–Kier alpha value is -0.0800. The van der Waals surface area contributed by atoms with Gasteiger partial charge in [-0.1, -0.05) is 0 Å². The molecule has 0 bridgehead atoms. The van der Waals surface area contributed by atoms with E-state index < -0.39 is 15.0 Å². The van der Waals surface area contributed by atoms with Gasteiger partial charge in [0.05, 0.1) is 9.83 Å². The van der Waals surface area contributed by atoms with Crippen molar-refractivity contribution in [3.05, 3.63) is 0 Å². The molecule has 0 heterocycles. The van der Waals surface area contributed by atoms with Gasteiger partial charge in [0.2, 0.25) is 8.87 Å². The molecule has 10 heavy (non-hydrogen) atoms. The van der Waals surface area contributed by atoms with E-state index in [-0.39, 0.29) is 0 Å². The van der Waals surface area contributed by atoms with Crippen molar-refractivity contribution in [2.75, 3.05) is 6.26 Å². The lowest BCUT2D eigenvalue weighted by Gasteiger charge is -1.94. The van der Waals surface area contributed by atoms with Crippen LogP contribution in [0.1, 0.15) is 0 Å². The quantitative estimate of drug-likeness (QED) is 0.513. The molecule has 60 valence electrons. The van der Waals surface area contributed by atoms with Crippen molar-refractivity contribution in [3.8, 4) is 0 Å². The maximum Gasteiger partial charge on any atom is 0.415 e. The summed E-state index contributed by atoms with van der Waals surface area (Å²) in [6.45, 7) is 0. The minimum atomic E-state index is -3.17. The molecule has 0 unspecified atom stereocenters. The zero-order valence-corrected chi connectivity index (χ0v) is 7.35. The minimum absolute atomic E-state index is 0.459. The monoisotopic (exact) mass is 203 g/mol. The predicted molar refractivity (Wildman–Crippen MR) is 41.2 cm³/mol. The average molecular weight is 203 g/mol. The highest BCUT2D eigenvalue weighted by molar-refractivity contribution is 9.06. The second kappa shape index (κ2) is 3.94. The molecule has 0 atom stereocenters. The molecule has 0 aliphatic carbocycles. The molecule has 0 aliphatic rings. The Kier molecular flexibility index (Phi) is 3.91. The van der Waals surface area contributed by atoms with Crippen LogP contribution in [-0.2, 0) is 8.87 Å². The Bertz CT molecular complexity index is 209. The summed E-state index contributed by atoms with van der Waals surface area (Å²) in [5.41, 5.74) is 0. The smallest absolute Gasteiger partial charge is 0.415 e. The van der Waals surface area contributed by atoms with E-state index >= 15 is 0 Å². The fourth-order valence-corrected chi connectivity index (χ4v) is 2.45. The third-order valence-corrected chi connectivity index (χ3v) is 4.89. The van der Waals surface area contributed by atoms with Crippen LogP contribution in [0.3, 0.4) is 0 Å². The lowest BCUT2D eigenvalue weighted by atomic mass is 11.3. The Balaban J connectivity index is 3.49. The summed E-state index contributed by atoms with van der Waals surface area (Å²) >= 11 is 0. The van der Waals surface area contributed by atoms with Crippen LogP contribution >= 0.6 is 20.8 Å². The van der Waals surface area contributed by atoms with Crippen LogP contribution in [0.15, 0.2) is 0 Å². The normalized spacial score (nSPS) is 10.9. The number of nitrogens with one attached hydrogen (secondary N) is 1. The Morgan fingerprint density at radius 2 is 2.10 bits per heavy atom. The van der Waals surface area contributed by atoms with Gasteiger partial charge in [-0.3, -0.25) is 4.72 Å². The van der Waals surface area contributed by atoms with Gasteiger partial charge in [0.25, 0.3) is 0 Å². The lowest BCUT2D eigenvalue weighted by molar-refractivity contribution is 0.202. The third kappa shape index (κ3) is 7.92. The van der Waals surface area contributed by atoms with Crippen molar-refractivity contribution in [3.63, 3.8) is 0 Å². The van der Waals surface area contributed by atoms with Crippen LogP contribution in [0.25, 0.3) is 0 Å². The SMILES string of the molecule is CS(=O)(=O)SSNC(=O)O.